The number of benzene rings is 1. The summed E-state index contributed by atoms with van der Waals surface area (Å²) in [7, 11) is 0. The number of amides is 1. The molecule has 0 aliphatic rings. The number of furan rings is 1. The average Bonchev–Trinajstić information content (AvgIpc) is 3.18. The maximum absolute atomic E-state index is 12.7. The zero-order valence-electron chi connectivity index (χ0n) is 13.2. The summed E-state index contributed by atoms with van der Waals surface area (Å²) in [5.41, 5.74) is 0.877. The van der Waals surface area contributed by atoms with Gasteiger partial charge in [-0.1, -0.05) is 18.2 Å². The maximum Gasteiger partial charge on any atom is 0.453 e. The van der Waals surface area contributed by atoms with E-state index < -0.39 is 17.9 Å². The predicted octanol–water partition coefficient (Wildman–Crippen LogP) is 3.45. The number of carbonyl (C=O) groups excluding carboxylic acids is 1. The highest BCUT2D eigenvalue weighted by atomic mass is 19.4. The minimum atomic E-state index is -4.68. The fourth-order valence-electron chi connectivity index (χ4n) is 2.47. The molecule has 1 amide bonds. The summed E-state index contributed by atoms with van der Waals surface area (Å²) >= 11 is 0. The monoisotopic (exact) mass is 361 g/mol. The van der Waals surface area contributed by atoms with Gasteiger partial charge < -0.3 is 9.73 Å². The molecule has 0 saturated heterocycles. The molecule has 4 rings (SSSR count). The first-order valence-corrected chi connectivity index (χ1v) is 7.43. The zero-order valence-corrected chi connectivity index (χ0v) is 13.2. The zero-order chi connectivity index (χ0) is 18.5. The number of nitrogens with one attached hydrogen (secondary N) is 1. The molecule has 0 unspecified atom stereocenters. The van der Waals surface area contributed by atoms with Gasteiger partial charge in [-0.25, -0.2) is 4.52 Å². The van der Waals surface area contributed by atoms with Crippen LogP contribution < -0.4 is 5.32 Å². The molecule has 0 spiro atoms. The van der Waals surface area contributed by atoms with Gasteiger partial charge in [0, 0.05) is 17.1 Å². The van der Waals surface area contributed by atoms with Crippen molar-refractivity contribution in [2.45, 2.75) is 13.1 Å². The van der Waals surface area contributed by atoms with Gasteiger partial charge in [0.05, 0.1) is 0 Å². The molecular weight excluding hydrogens is 351 g/mol. The molecule has 0 saturated carbocycles. The van der Waals surface area contributed by atoms with E-state index in [-0.39, 0.29) is 17.4 Å². The van der Waals surface area contributed by atoms with Crippen molar-refractivity contribution < 1.29 is 22.4 Å². The maximum atomic E-state index is 12.7. The molecule has 7 nitrogen and oxygen atoms in total. The topological polar surface area (TPSA) is 85.3 Å². The Balaban J connectivity index is 1.67. The van der Waals surface area contributed by atoms with E-state index in [2.05, 4.69) is 20.4 Å². The number of alkyl halides is 3. The van der Waals surface area contributed by atoms with Crippen LogP contribution >= 0.6 is 0 Å². The van der Waals surface area contributed by atoms with Gasteiger partial charge in [-0.05, 0) is 19.1 Å². The van der Waals surface area contributed by atoms with Gasteiger partial charge in [0.25, 0.3) is 17.5 Å². The van der Waals surface area contributed by atoms with Crippen LogP contribution in [0.2, 0.25) is 0 Å². The number of halogens is 3. The van der Waals surface area contributed by atoms with Gasteiger partial charge >= 0.3 is 6.18 Å². The van der Waals surface area contributed by atoms with Crippen molar-refractivity contribution in [3.8, 4) is 0 Å². The van der Waals surface area contributed by atoms with Gasteiger partial charge in [-0.15, -0.1) is 5.10 Å². The molecule has 4 aromatic rings. The van der Waals surface area contributed by atoms with Crippen LogP contribution in [-0.4, -0.2) is 25.5 Å². The molecule has 0 radical (unpaired) electrons. The summed E-state index contributed by atoms with van der Waals surface area (Å²) < 4.78 is 44.6. The Morgan fingerprint density at radius 1 is 1.19 bits per heavy atom. The number of rotatable bonds is 2. The smallest absolute Gasteiger partial charge is 0.451 e. The third-order valence-corrected chi connectivity index (χ3v) is 3.63. The second-order valence-corrected chi connectivity index (χ2v) is 5.53. The van der Waals surface area contributed by atoms with Crippen LogP contribution in [0.4, 0.5) is 19.0 Å². The number of carbonyl (C=O) groups is 1. The Labute approximate surface area is 143 Å². The Hall–Kier alpha value is -3.43. The largest absolute Gasteiger partial charge is 0.453 e. The van der Waals surface area contributed by atoms with E-state index in [0.717, 1.165) is 9.90 Å². The van der Waals surface area contributed by atoms with Crippen molar-refractivity contribution in [3.05, 3.63) is 53.7 Å². The van der Waals surface area contributed by atoms with Gasteiger partial charge in [-0.2, -0.15) is 23.1 Å². The van der Waals surface area contributed by atoms with Gasteiger partial charge in [-0.3, -0.25) is 4.79 Å². The summed E-state index contributed by atoms with van der Waals surface area (Å²) in [5.74, 6) is -2.04. The fraction of sp³-hybridized carbons (Fsp3) is 0.125. The second kappa shape index (κ2) is 5.55. The molecule has 0 fully saturated rings. The highest BCUT2D eigenvalue weighted by molar-refractivity contribution is 6.04. The molecule has 0 aliphatic heterocycles. The predicted molar refractivity (Wildman–Crippen MR) is 84.7 cm³/mol. The highest BCUT2D eigenvalue weighted by Gasteiger charge is 2.36. The van der Waals surface area contributed by atoms with E-state index in [4.69, 9.17) is 4.42 Å². The summed E-state index contributed by atoms with van der Waals surface area (Å²) in [6.07, 6.45) is -4.68. The summed E-state index contributed by atoms with van der Waals surface area (Å²) in [6.45, 7) is 1.53. The molecular formula is C16H10F3N5O2. The van der Waals surface area contributed by atoms with E-state index >= 15 is 0 Å². The summed E-state index contributed by atoms with van der Waals surface area (Å²) in [4.78, 5) is 19.6. The standard InChI is InChI=1S/C16H10F3N5O2/c1-8-6-12(21-15-22-14(16(17,18)19)23-24(8)15)20-13(25)11-7-9-4-2-3-5-10(9)26-11/h2-7H,1H3,(H,20,21,22,23,25). The lowest BCUT2D eigenvalue weighted by Gasteiger charge is -2.04. The lowest BCUT2D eigenvalue weighted by molar-refractivity contribution is -0.144. The molecule has 1 N–H and O–H groups in total. The number of hydrogen-bond acceptors (Lipinski definition) is 5. The number of nitrogens with zero attached hydrogens (tertiary/aromatic N) is 4. The number of fused-ring (bicyclic) bond motifs is 2. The number of anilines is 1. The van der Waals surface area contributed by atoms with Gasteiger partial charge in [0.2, 0.25) is 0 Å². The number of aryl methyl sites for hydroxylation is 1. The first-order chi connectivity index (χ1) is 12.3. The van der Waals surface area contributed by atoms with Crippen molar-refractivity contribution in [2.24, 2.45) is 0 Å². The number of aromatic nitrogens is 4. The lowest BCUT2D eigenvalue weighted by Crippen LogP contribution is -2.13. The first kappa shape index (κ1) is 16.1. The van der Waals surface area contributed by atoms with E-state index in [1.165, 1.54) is 13.0 Å². The van der Waals surface area contributed by atoms with Crippen molar-refractivity contribution in [1.29, 1.82) is 0 Å². The minimum Gasteiger partial charge on any atom is -0.451 e. The molecule has 3 aromatic heterocycles. The Morgan fingerprint density at radius 2 is 1.96 bits per heavy atom. The van der Waals surface area contributed by atoms with E-state index in [0.29, 0.717) is 11.3 Å². The number of para-hydroxylation sites is 1. The van der Waals surface area contributed by atoms with E-state index in [1.807, 2.05) is 6.07 Å². The third-order valence-electron chi connectivity index (χ3n) is 3.63. The Bertz CT molecular complexity index is 1110. The van der Waals surface area contributed by atoms with Gasteiger partial charge in [0.1, 0.15) is 11.4 Å². The van der Waals surface area contributed by atoms with Crippen molar-refractivity contribution in [3.63, 3.8) is 0 Å². The summed E-state index contributed by atoms with van der Waals surface area (Å²) in [6, 6.07) is 10.0. The van der Waals surface area contributed by atoms with Crippen LogP contribution in [0.5, 0.6) is 0 Å². The van der Waals surface area contributed by atoms with Crippen molar-refractivity contribution in [1.82, 2.24) is 19.6 Å². The lowest BCUT2D eigenvalue weighted by atomic mass is 10.2. The molecule has 0 atom stereocenters. The summed E-state index contributed by atoms with van der Waals surface area (Å²) in [5, 5.41) is 6.63. The van der Waals surface area contributed by atoms with Crippen LogP contribution in [0.1, 0.15) is 22.1 Å². The van der Waals surface area contributed by atoms with Crippen LogP contribution in [0.25, 0.3) is 16.7 Å². The van der Waals surface area contributed by atoms with Crippen LogP contribution in [0, 0.1) is 6.92 Å². The molecule has 10 heteroatoms. The third kappa shape index (κ3) is 2.75. The molecule has 0 aliphatic carbocycles. The van der Waals surface area contributed by atoms with Gasteiger partial charge in [0.15, 0.2) is 5.76 Å². The molecule has 3 heterocycles. The fourth-order valence-corrected chi connectivity index (χ4v) is 2.47. The molecule has 1 aromatic carbocycles. The van der Waals surface area contributed by atoms with Crippen molar-refractivity contribution in [2.75, 3.05) is 5.32 Å². The molecule has 26 heavy (non-hydrogen) atoms. The second-order valence-electron chi connectivity index (χ2n) is 5.53. The van der Waals surface area contributed by atoms with Crippen LogP contribution in [0.15, 0.2) is 40.8 Å². The number of hydrogen-bond donors (Lipinski definition) is 1. The van der Waals surface area contributed by atoms with E-state index in [1.54, 1.807) is 24.3 Å². The average molecular weight is 361 g/mol. The van der Waals surface area contributed by atoms with Crippen LogP contribution in [-0.2, 0) is 6.18 Å². The SMILES string of the molecule is Cc1cc(NC(=O)c2cc3ccccc3o2)nc2nc(C(F)(F)F)nn12. The quantitative estimate of drug-likeness (QED) is 0.591. The van der Waals surface area contributed by atoms with Crippen LogP contribution in [0.3, 0.4) is 0 Å². The Morgan fingerprint density at radius 3 is 2.69 bits per heavy atom. The van der Waals surface area contributed by atoms with Crippen molar-refractivity contribution >= 4 is 28.5 Å². The Kier molecular flexibility index (Phi) is 3.43. The normalized spacial score (nSPS) is 12.0. The molecule has 132 valence electrons. The molecule has 0 bridgehead atoms. The minimum absolute atomic E-state index is 0.0431. The highest BCUT2D eigenvalue weighted by Crippen LogP contribution is 2.27. The van der Waals surface area contributed by atoms with E-state index in [9.17, 15) is 18.0 Å². The first-order valence-electron chi connectivity index (χ1n) is 7.43.